The van der Waals surface area contributed by atoms with Crippen molar-refractivity contribution in [3.63, 3.8) is 0 Å². The molecule has 2 N–H and O–H groups in total. The number of rotatable bonds is 1. The highest BCUT2D eigenvalue weighted by atomic mass is 16.4. The fourth-order valence-corrected chi connectivity index (χ4v) is 2.08. The zero-order valence-corrected chi connectivity index (χ0v) is 6.42. The van der Waals surface area contributed by atoms with Gasteiger partial charge in [0.05, 0.1) is 0 Å². The Balaban J connectivity index is 1.93. The summed E-state index contributed by atoms with van der Waals surface area (Å²) >= 11 is 0. The molecule has 62 valence electrons. The maximum absolute atomic E-state index is 10.6. The maximum Gasteiger partial charge on any atom is 0.320 e. The smallest absolute Gasteiger partial charge is 0.320 e. The van der Waals surface area contributed by atoms with Crippen molar-refractivity contribution in [1.29, 1.82) is 0 Å². The van der Waals surface area contributed by atoms with Crippen molar-refractivity contribution in [2.24, 2.45) is 11.8 Å². The normalized spacial score (nSPS) is 42.4. The van der Waals surface area contributed by atoms with Gasteiger partial charge in [-0.1, -0.05) is 0 Å². The van der Waals surface area contributed by atoms with E-state index in [4.69, 9.17) is 5.11 Å². The molecule has 0 spiro atoms. The number of carboxylic acids is 1. The van der Waals surface area contributed by atoms with E-state index in [1.54, 1.807) is 0 Å². The number of nitrogens with one attached hydrogen (secondary N) is 1. The first-order valence-electron chi connectivity index (χ1n) is 4.23. The number of hydrogen-bond donors (Lipinski definition) is 2. The lowest BCUT2D eigenvalue weighted by Crippen LogP contribution is -2.51. The van der Waals surface area contributed by atoms with Gasteiger partial charge in [-0.15, -0.1) is 0 Å². The van der Waals surface area contributed by atoms with E-state index < -0.39 is 5.97 Å². The second kappa shape index (κ2) is 2.48. The molecule has 3 unspecified atom stereocenters. The van der Waals surface area contributed by atoms with Gasteiger partial charge in [0, 0.05) is 0 Å². The first-order valence-corrected chi connectivity index (χ1v) is 4.23. The van der Waals surface area contributed by atoms with Gasteiger partial charge in [-0.3, -0.25) is 4.79 Å². The average Bonchev–Trinajstić information content (AvgIpc) is 1.91. The van der Waals surface area contributed by atoms with Crippen LogP contribution in [-0.4, -0.2) is 23.7 Å². The topological polar surface area (TPSA) is 49.3 Å². The second-order valence-corrected chi connectivity index (χ2v) is 3.63. The Labute approximate surface area is 65.8 Å². The first kappa shape index (κ1) is 7.10. The molecule has 3 nitrogen and oxygen atoms in total. The molecule has 1 aliphatic heterocycles. The maximum atomic E-state index is 10.6. The molecule has 2 rings (SSSR count). The van der Waals surface area contributed by atoms with Gasteiger partial charge in [-0.2, -0.15) is 0 Å². The van der Waals surface area contributed by atoms with Gasteiger partial charge in [0.15, 0.2) is 0 Å². The SMILES string of the molecule is O=C(O)C1CC2CCC2CN1. The van der Waals surface area contributed by atoms with Crippen molar-refractivity contribution in [3.05, 3.63) is 0 Å². The third-order valence-corrected chi connectivity index (χ3v) is 3.04. The van der Waals surface area contributed by atoms with Crippen LogP contribution < -0.4 is 5.32 Å². The fraction of sp³-hybridized carbons (Fsp3) is 0.875. The molecule has 0 radical (unpaired) electrons. The molecule has 1 saturated heterocycles. The van der Waals surface area contributed by atoms with Crippen LogP contribution in [0.25, 0.3) is 0 Å². The van der Waals surface area contributed by atoms with Crippen molar-refractivity contribution in [3.8, 4) is 0 Å². The summed E-state index contributed by atoms with van der Waals surface area (Å²) in [4.78, 5) is 10.6. The van der Waals surface area contributed by atoms with Crippen LogP contribution in [0.2, 0.25) is 0 Å². The van der Waals surface area contributed by atoms with Crippen molar-refractivity contribution < 1.29 is 9.90 Å². The molecule has 1 heterocycles. The minimum atomic E-state index is -0.685. The van der Waals surface area contributed by atoms with Crippen LogP contribution in [0.5, 0.6) is 0 Å². The summed E-state index contributed by atoms with van der Waals surface area (Å²) in [6.45, 7) is 0.918. The molecular formula is C8H13NO2. The minimum Gasteiger partial charge on any atom is -0.480 e. The van der Waals surface area contributed by atoms with Crippen LogP contribution in [0.15, 0.2) is 0 Å². The van der Waals surface area contributed by atoms with E-state index >= 15 is 0 Å². The molecule has 0 bridgehead atoms. The highest BCUT2D eigenvalue weighted by molar-refractivity contribution is 5.73. The minimum absolute atomic E-state index is 0.267. The zero-order chi connectivity index (χ0) is 7.84. The molecule has 2 fully saturated rings. The van der Waals surface area contributed by atoms with Crippen LogP contribution in [0.4, 0.5) is 0 Å². The van der Waals surface area contributed by atoms with Crippen LogP contribution in [0.3, 0.4) is 0 Å². The lowest BCUT2D eigenvalue weighted by atomic mass is 9.68. The van der Waals surface area contributed by atoms with Gasteiger partial charge >= 0.3 is 5.97 Å². The number of aliphatic carboxylic acids is 1. The van der Waals surface area contributed by atoms with Gasteiger partial charge < -0.3 is 10.4 Å². The second-order valence-electron chi connectivity index (χ2n) is 3.63. The highest BCUT2D eigenvalue weighted by Gasteiger charge is 2.38. The van der Waals surface area contributed by atoms with Gasteiger partial charge in [0.2, 0.25) is 0 Å². The lowest BCUT2D eigenvalue weighted by molar-refractivity contribution is -0.141. The Bertz CT molecular complexity index is 181. The van der Waals surface area contributed by atoms with E-state index in [9.17, 15) is 4.79 Å². The van der Waals surface area contributed by atoms with Gasteiger partial charge in [-0.25, -0.2) is 0 Å². The fourth-order valence-electron chi connectivity index (χ4n) is 2.08. The van der Waals surface area contributed by atoms with E-state index in [2.05, 4.69) is 5.32 Å². The van der Waals surface area contributed by atoms with Crippen LogP contribution in [0.1, 0.15) is 19.3 Å². The molecule has 0 aromatic carbocycles. The summed E-state index contributed by atoms with van der Waals surface area (Å²) in [5.74, 6) is 0.804. The Morgan fingerprint density at radius 2 is 2.09 bits per heavy atom. The van der Waals surface area contributed by atoms with E-state index in [1.165, 1.54) is 12.8 Å². The van der Waals surface area contributed by atoms with Crippen molar-refractivity contribution in [1.82, 2.24) is 5.32 Å². The van der Waals surface area contributed by atoms with Gasteiger partial charge in [0.1, 0.15) is 6.04 Å². The summed E-state index contributed by atoms with van der Waals surface area (Å²) in [6.07, 6.45) is 3.39. The van der Waals surface area contributed by atoms with Gasteiger partial charge in [0.25, 0.3) is 0 Å². The molecule has 3 atom stereocenters. The number of piperidine rings is 1. The number of carbonyl (C=O) groups is 1. The third-order valence-electron chi connectivity index (χ3n) is 3.04. The quantitative estimate of drug-likeness (QED) is 0.578. The predicted molar refractivity (Wildman–Crippen MR) is 40.3 cm³/mol. The number of hydrogen-bond acceptors (Lipinski definition) is 2. The summed E-state index contributed by atoms with van der Waals surface area (Å²) < 4.78 is 0. The van der Waals surface area contributed by atoms with Crippen molar-refractivity contribution in [2.75, 3.05) is 6.54 Å². The Kier molecular flexibility index (Phi) is 1.60. The Hall–Kier alpha value is -0.570. The first-order chi connectivity index (χ1) is 5.27. The zero-order valence-electron chi connectivity index (χ0n) is 6.42. The lowest BCUT2D eigenvalue weighted by Gasteiger charge is -2.43. The van der Waals surface area contributed by atoms with Gasteiger partial charge in [-0.05, 0) is 37.6 Å². The molecule has 11 heavy (non-hydrogen) atoms. The van der Waals surface area contributed by atoms with Crippen LogP contribution >= 0.6 is 0 Å². The summed E-state index contributed by atoms with van der Waals surface area (Å²) in [6, 6.07) is -0.267. The van der Waals surface area contributed by atoms with E-state index in [1.807, 2.05) is 0 Å². The third kappa shape index (κ3) is 1.13. The Morgan fingerprint density at radius 3 is 2.55 bits per heavy atom. The van der Waals surface area contributed by atoms with Crippen molar-refractivity contribution in [2.45, 2.75) is 25.3 Å². The van der Waals surface area contributed by atoms with E-state index in [0.717, 1.165) is 18.9 Å². The molecule has 2 aliphatic rings. The van der Waals surface area contributed by atoms with Crippen LogP contribution in [0, 0.1) is 11.8 Å². The molecule has 3 heteroatoms. The molecule has 1 aliphatic carbocycles. The van der Waals surface area contributed by atoms with Crippen molar-refractivity contribution >= 4 is 5.97 Å². The molecule has 0 aromatic rings. The molecule has 0 aromatic heterocycles. The Morgan fingerprint density at radius 1 is 1.36 bits per heavy atom. The number of fused-ring (bicyclic) bond motifs is 1. The monoisotopic (exact) mass is 155 g/mol. The summed E-state index contributed by atoms with van der Waals surface area (Å²) in [7, 11) is 0. The van der Waals surface area contributed by atoms with E-state index in [0.29, 0.717) is 5.92 Å². The molecular weight excluding hydrogens is 142 g/mol. The largest absolute Gasteiger partial charge is 0.480 e. The standard InChI is InChI=1S/C8H13NO2/c10-8(11)7-3-5-1-2-6(5)4-9-7/h5-7,9H,1-4H2,(H,10,11). The number of carboxylic acid groups (broad SMARTS) is 1. The van der Waals surface area contributed by atoms with Crippen LogP contribution in [-0.2, 0) is 4.79 Å². The average molecular weight is 155 g/mol. The van der Waals surface area contributed by atoms with E-state index in [-0.39, 0.29) is 6.04 Å². The molecule has 1 saturated carbocycles. The summed E-state index contributed by atoms with van der Waals surface area (Å²) in [5, 5.41) is 11.8. The highest BCUT2D eigenvalue weighted by Crippen LogP contribution is 2.39. The molecule has 0 amide bonds. The summed E-state index contributed by atoms with van der Waals surface area (Å²) in [5.41, 5.74) is 0. The predicted octanol–water partition coefficient (Wildman–Crippen LogP) is 0.459.